The van der Waals surface area contributed by atoms with Crippen molar-refractivity contribution in [1.29, 1.82) is 0 Å². The van der Waals surface area contributed by atoms with Crippen LogP contribution in [0.3, 0.4) is 0 Å². The van der Waals surface area contributed by atoms with E-state index in [9.17, 15) is 0 Å². The van der Waals surface area contributed by atoms with Crippen LogP contribution in [0.15, 0.2) is 158 Å². The molecule has 0 saturated heterocycles. The lowest BCUT2D eigenvalue weighted by Crippen LogP contribution is -2.02. The second kappa shape index (κ2) is 11.1. The molecule has 0 spiro atoms. The van der Waals surface area contributed by atoms with Gasteiger partial charge >= 0.3 is 0 Å². The second-order valence-electron chi connectivity index (χ2n) is 11.4. The van der Waals surface area contributed by atoms with Crippen molar-refractivity contribution < 1.29 is 0 Å². The van der Waals surface area contributed by atoms with Crippen molar-refractivity contribution in [2.45, 2.75) is 0 Å². The number of imidazole rings is 1. The average Bonchev–Trinajstić information content (AvgIpc) is 3.57. The third-order valence-corrected chi connectivity index (χ3v) is 8.49. The quantitative estimate of drug-likeness (QED) is 0.184. The lowest BCUT2D eigenvalue weighted by atomic mass is 10.00. The van der Waals surface area contributed by atoms with Gasteiger partial charge in [-0.1, -0.05) is 127 Å². The van der Waals surface area contributed by atoms with Crippen molar-refractivity contribution in [2.24, 2.45) is 0 Å². The van der Waals surface area contributed by atoms with Crippen molar-refractivity contribution in [1.82, 2.24) is 29.5 Å². The Morgan fingerprint density at radius 3 is 1.57 bits per heavy atom. The Labute approximate surface area is 270 Å². The first-order valence-electron chi connectivity index (χ1n) is 15.5. The molecule has 6 heteroatoms. The van der Waals surface area contributed by atoms with Crippen molar-refractivity contribution in [3.05, 3.63) is 158 Å². The third kappa shape index (κ3) is 4.62. The number of aromatic nitrogens is 6. The SMILES string of the molecule is c1ccc(-c2nc(-c3ccccc3)nc(-c3cccc(-n4c(-c5ccccn5)nc5c6ccccc6c6ccccc6c54)c3)n2)cc1. The lowest BCUT2D eigenvalue weighted by molar-refractivity contribution is 1.06. The van der Waals surface area contributed by atoms with Crippen LogP contribution in [0.1, 0.15) is 0 Å². The maximum absolute atomic E-state index is 5.31. The maximum Gasteiger partial charge on any atom is 0.164 e. The fourth-order valence-electron chi connectivity index (χ4n) is 6.35. The van der Waals surface area contributed by atoms with Crippen molar-refractivity contribution >= 4 is 32.6 Å². The van der Waals surface area contributed by atoms with Gasteiger partial charge in [0.05, 0.1) is 11.0 Å². The fourth-order valence-corrected chi connectivity index (χ4v) is 6.35. The molecule has 0 N–H and O–H groups in total. The smallest absolute Gasteiger partial charge is 0.164 e. The van der Waals surface area contributed by atoms with Crippen molar-refractivity contribution in [3.8, 4) is 51.4 Å². The molecule has 9 aromatic rings. The maximum atomic E-state index is 5.31. The van der Waals surface area contributed by atoms with Crippen molar-refractivity contribution in [3.63, 3.8) is 0 Å². The summed E-state index contributed by atoms with van der Waals surface area (Å²) in [6.45, 7) is 0. The number of rotatable bonds is 5. The molecule has 6 aromatic carbocycles. The first-order chi connectivity index (χ1) is 23.3. The van der Waals surface area contributed by atoms with Gasteiger partial charge in [0.15, 0.2) is 23.3 Å². The van der Waals surface area contributed by atoms with Crippen LogP contribution in [0.2, 0.25) is 0 Å². The molecule has 9 rings (SSSR count). The average molecular weight is 603 g/mol. The molecule has 220 valence electrons. The van der Waals surface area contributed by atoms with Crippen LogP contribution in [-0.4, -0.2) is 29.5 Å². The van der Waals surface area contributed by atoms with Crippen LogP contribution in [0.5, 0.6) is 0 Å². The van der Waals surface area contributed by atoms with Crippen LogP contribution in [0.25, 0.3) is 83.9 Å². The number of fused-ring (bicyclic) bond motifs is 6. The summed E-state index contributed by atoms with van der Waals surface area (Å²) in [6, 6.07) is 51.4. The van der Waals surface area contributed by atoms with Gasteiger partial charge in [0.2, 0.25) is 0 Å². The minimum atomic E-state index is 0.596. The molecule has 0 aliphatic heterocycles. The first-order valence-corrected chi connectivity index (χ1v) is 15.5. The monoisotopic (exact) mass is 602 g/mol. The molecule has 0 amide bonds. The number of nitrogens with zero attached hydrogens (tertiary/aromatic N) is 6. The molecule has 0 atom stereocenters. The van der Waals surface area contributed by atoms with E-state index in [0.717, 1.165) is 55.7 Å². The first kappa shape index (κ1) is 26.8. The second-order valence-corrected chi connectivity index (χ2v) is 11.4. The highest BCUT2D eigenvalue weighted by Gasteiger charge is 2.21. The zero-order valence-corrected chi connectivity index (χ0v) is 25.2. The third-order valence-electron chi connectivity index (χ3n) is 8.49. The Hall–Kier alpha value is -6.53. The molecule has 0 aliphatic rings. The van der Waals surface area contributed by atoms with E-state index in [2.05, 4.69) is 77.4 Å². The van der Waals surface area contributed by atoms with E-state index in [4.69, 9.17) is 24.9 Å². The summed E-state index contributed by atoms with van der Waals surface area (Å²) in [7, 11) is 0. The number of pyridine rings is 1. The van der Waals surface area contributed by atoms with E-state index >= 15 is 0 Å². The molecule has 0 fully saturated rings. The lowest BCUT2D eigenvalue weighted by Gasteiger charge is -2.14. The molecule has 0 aliphatic carbocycles. The van der Waals surface area contributed by atoms with Gasteiger partial charge in [0.25, 0.3) is 0 Å². The topological polar surface area (TPSA) is 69.4 Å². The Balaban J connectivity index is 1.32. The highest BCUT2D eigenvalue weighted by molar-refractivity contribution is 6.24. The molecule has 6 nitrogen and oxygen atoms in total. The Morgan fingerprint density at radius 1 is 0.404 bits per heavy atom. The molecule has 3 heterocycles. The molecule has 0 radical (unpaired) electrons. The van der Waals surface area contributed by atoms with Crippen LogP contribution in [0, 0.1) is 0 Å². The van der Waals surface area contributed by atoms with E-state index in [-0.39, 0.29) is 0 Å². The Kier molecular flexibility index (Phi) is 6.35. The summed E-state index contributed by atoms with van der Waals surface area (Å²) in [5, 5.41) is 4.58. The molecular formula is C41H26N6. The summed E-state index contributed by atoms with van der Waals surface area (Å²) in [4.78, 5) is 24.9. The zero-order valence-electron chi connectivity index (χ0n) is 25.2. The number of hydrogen-bond donors (Lipinski definition) is 0. The Bertz CT molecular complexity index is 2500. The highest BCUT2D eigenvalue weighted by Crippen LogP contribution is 2.39. The van der Waals surface area contributed by atoms with Gasteiger partial charge in [-0.05, 0) is 35.0 Å². The molecule has 0 saturated carbocycles. The summed E-state index contributed by atoms with van der Waals surface area (Å²) in [5.41, 5.74) is 6.43. The van der Waals surface area contributed by atoms with Crippen LogP contribution in [-0.2, 0) is 0 Å². The minimum absolute atomic E-state index is 0.596. The number of benzene rings is 6. The predicted octanol–water partition coefficient (Wildman–Crippen LogP) is 9.58. The van der Waals surface area contributed by atoms with Gasteiger partial charge in [-0.15, -0.1) is 0 Å². The molecular weight excluding hydrogens is 576 g/mol. The van der Waals surface area contributed by atoms with Gasteiger partial charge < -0.3 is 0 Å². The normalized spacial score (nSPS) is 11.4. The molecule has 0 unspecified atom stereocenters. The fraction of sp³-hybridized carbons (Fsp3) is 0. The van der Waals surface area contributed by atoms with E-state index in [1.807, 2.05) is 85.1 Å². The summed E-state index contributed by atoms with van der Waals surface area (Å²) in [6.07, 6.45) is 1.81. The van der Waals surface area contributed by atoms with Gasteiger partial charge in [0.1, 0.15) is 5.69 Å². The highest BCUT2D eigenvalue weighted by atomic mass is 15.1. The van der Waals surface area contributed by atoms with Gasteiger partial charge in [-0.25, -0.2) is 19.9 Å². The van der Waals surface area contributed by atoms with Crippen LogP contribution < -0.4 is 0 Å². The van der Waals surface area contributed by atoms with Gasteiger partial charge in [-0.3, -0.25) is 9.55 Å². The van der Waals surface area contributed by atoms with Crippen LogP contribution in [0.4, 0.5) is 0 Å². The van der Waals surface area contributed by atoms with E-state index < -0.39 is 0 Å². The molecule has 0 bridgehead atoms. The molecule has 47 heavy (non-hydrogen) atoms. The van der Waals surface area contributed by atoms with E-state index in [0.29, 0.717) is 17.5 Å². The van der Waals surface area contributed by atoms with Crippen molar-refractivity contribution in [2.75, 3.05) is 0 Å². The standard InChI is InChI=1S/C41H26N6/c1-3-14-27(15-4-1)38-44-39(28-16-5-2-6-17-28)46-40(45-38)29-18-13-19-30(26-29)47-37-34-23-10-8-21-32(34)31-20-7-9-22-33(31)36(37)43-41(47)35-24-11-12-25-42-35/h1-26H. The predicted molar refractivity (Wildman–Crippen MR) is 189 cm³/mol. The largest absolute Gasteiger partial charge is 0.290 e. The number of hydrogen-bond acceptors (Lipinski definition) is 5. The summed E-state index contributed by atoms with van der Waals surface area (Å²) < 4.78 is 2.23. The van der Waals surface area contributed by atoms with E-state index in [1.165, 1.54) is 10.8 Å². The van der Waals surface area contributed by atoms with E-state index in [1.54, 1.807) is 0 Å². The summed E-state index contributed by atoms with van der Waals surface area (Å²) in [5.74, 6) is 2.61. The van der Waals surface area contributed by atoms with Crippen LogP contribution >= 0.6 is 0 Å². The zero-order chi connectivity index (χ0) is 31.2. The van der Waals surface area contributed by atoms with Gasteiger partial charge in [-0.2, -0.15) is 0 Å². The summed E-state index contributed by atoms with van der Waals surface area (Å²) >= 11 is 0. The molecule has 3 aromatic heterocycles. The Morgan fingerprint density at radius 2 is 0.936 bits per heavy atom. The van der Waals surface area contributed by atoms with Gasteiger partial charge in [0, 0.05) is 39.3 Å². The minimum Gasteiger partial charge on any atom is -0.290 e.